The van der Waals surface area contributed by atoms with Gasteiger partial charge in [-0.2, -0.15) is 0 Å². The molecule has 0 aromatic rings. The predicted octanol–water partition coefficient (Wildman–Crippen LogP) is 1.83. The van der Waals surface area contributed by atoms with Crippen molar-refractivity contribution in [2.45, 2.75) is 20.3 Å². The Balaban J connectivity index is 4.06. The molecule has 0 rings (SSSR count). The molecular formula is C9H17NO. The second-order valence-corrected chi connectivity index (χ2v) is 2.36. The first-order valence-electron chi connectivity index (χ1n) is 3.85. The Bertz CT molecular complexity index is 153. The van der Waals surface area contributed by atoms with Gasteiger partial charge in [-0.05, 0) is 19.4 Å². The largest absolute Gasteiger partial charge is 0.501 e. The second kappa shape index (κ2) is 5.98. The van der Waals surface area contributed by atoms with Crippen molar-refractivity contribution in [1.82, 2.24) is 0 Å². The zero-order valence-corrected chi connectivity index (χ0v) is 7.55. The first-order valence-corrected chi connectivity index (χ1v) is 3.85. The summed E-state index contributed by atoms with van der Waals surface area (Å²) in [5, 5.41) is 0. The van der Waals surface area contributed by atoms with E-state index in [0.717, 1.165) is 12.2 Å². The van der Waals surface area contributed by atoms with Gasteiger partial charge in [0.1, 0.15) is 0 Å². The van der Waals surface area contributed by atoms with Crippen LogP contribution in [-0.2, 0) is 4.74 Å². The summed E-state index contributed by atoms with van der Waals surface area (Å²) >= 11 is 0. The topological polar surface area (TPSA) is 35.2 Å². The van der Waals surface area contributed by atoms with Crippen LogP contribution in [0.2, 0.25) is 0 Å². The molecule has 0 heterocycles. The molecule has 64 valence electrons. The maximum atomic E-state index is 5.47. The summed E-state index contributed by atoms with van der Waals surface area (Å²) in [6.45, 7) is 4.64. The average molecular weight is 155 g/mol. The van der Waals surface area contributed by atoms with Gasteiger partial charge >= 0.3 is 0 Å². The van der Waals surface area contributed by atoms with Gasteiger partial charge in [-0.3, -0.25) is 0 Å². The SMILES string of the molecule is CC/C(=C\C=C(/C)OC)CN. The molecule has 2 nitrogen and oxygen atoms in total. The van der Waals surface area contributed by atoms with Crippen LogP contribution >= 0.6 is 0 Å². The molecule has 0 fully saturated rings. The third kappa shape index (κ3) is 4.62. The van der Waals surface area contributed by atoms with Gasteiger partial charge in [-0.1, -0.05) is 18.6 Å². The van der Waals surface area contributed by atoms with E-state index < -0.39 is 0 Å². The minimum atomic E-state index is 0.629. The van der Waals surface area contributed by atoms with Gasteiger partial charge in [0.05, 0.1) is 12.9 Å². The highest BCUT2D eigenvalue weighted by Gasteiger charge is 1.87. The highest BCUT2D eigenvalue weighted by Crippen LogP contribution is 2.00. The fourth-order valence-electron chi connectivity index (χ4n) is 0.633. The number of allylic oxidation sites excluding steroid dienone is 3. The summed E-state index contributed by atoms with van der Waals surface area (Å²) in [6.07, 6.45) is 4.95. The number of hydrogen-bond donors (Lipinski definition) is 1. The lowest BCUT2D eigenvalue weighted by Crippen LogP contribution is -2.01. The van der Waals surface area contributed by atoms with E-state index >= 15 is 0 Å². The van der Waals surface area contributed by atoms with E-state index in [1.165, 1.54) is 5.57 Å². The van der Waals surface area contributed by atoms with E-state index in [2.05, 4.69) is 6.92 Å². The second-order valence-electron chi connectivity index (χ2n) is 2.36. The molecule has 0 saturated heterocycles. The highest BCUT2D eigenvalue weighted by atomic mass is 16.5. The van der Waals surface area contributed by atoms with Crippen LogP contribution in [0.15, 0.2) is 23.5 Å². The maximum absolute atomic E-state index is 5.47. The quantitative estimate of drug-likeness (QED) is 0.496. The molecule has 0 aliphatic heterocycles. The average Bonchev–Trinajstić information content (AvgIpc) is 2.06. The van der Waals surface area contributed by atoms with E-state index in [4.69, 9.17) is 10.5 Å². The lowest BCUT2D eigenvalue weighted by atomic mass is 10.2. The van der Waals surface area contributed by atoms with Gasteiger partial charge in [-0.15, -0.1) is 0 Å². The molecule has 0 unspecified atom stereocenters. The van der Waals surface area contributed by atoms with E-state index in [9.17, 15) is 0 Å². The van der Waals surface area contributed by atoms with E-state index in [-0.39, 0.29) is 0 Å². The Kier molecular flexibility index (Phi) is 5.57. The summed E-state index contributed by atoms with van der Waals surface area (Å²) in [5.41, 5.74) is 6.71. The first-order chi connectivity index (χ1) is 5.24. The summed E-state index contributed by atoms with van der Waals surface area (Å²) in [4.78, 5) is 0. The van der Waals surface area contributed by atoms with Crippen LogP contribution in [0.3, 0.4) is 0 Å². The summed E-state index contributed by atoms with van der Waals surface area (Å²) in [5.74, 6) is 0.907. The summed E-state index contributed by atoms with van der Waals surface area (Å²) in [6, 6.07) is 0. The lowest BCUT2D eigenvalue weighted by Gasteiger charge is -1.98. The molecule has 11 heavy (non-hydrogen) atoms. The third-order valence-electron chi connectivity index (χ3n) is 1.59. The van der Waals surface area contributed by atoms with Gasteiger partial charge in [0.25, 0.3) is 0 Å². The summed E-state index contributed by atoms with van der Waals surface area (Å²) in [7, 11) is 1.66. The smallest absolute Gasteiger partial charge is 0.0924 e. The molecule has 2 N–H and O–H groups in total. The fourth-order valence-corrected chi connectivity index (χ4v) is 0.633. The van der Waals surface area contributed by atoms with Crippen LogP contribution in [0.5, 0.6) is 0 Å². The van der Waals surface area contributed by atoms with Crippen molar-refractivity contribution in [2.24, 2.45) is 5.73 Å². The minimum absolute atomic E-state index is 0.629. The molecular weight excluding hydrogens is 138 g/mol. The molecule has 0 saturated carbocycles. The Morgan fingerprint density at radius 2 is 2.09 bits per heavy atom. The third-order valence-corrected chi connectivity index (χ3v) is 1.59. The van der Waals surface area contributed by atoms with Gasteiger partial charge < -0.3 is 10.5 Å². The zero-order valence-electron chi connectivity index (χ0n) is 7.55. The van der Waals surface area contributed by atoms with Gasteiger partial charge in [0.2, 0.25) is 0 Å². The first kappa shape index (κ1) is 10.2. The van der Waals surface area contributed by atoms with Crippen molar-refractivity contribution in [1.29, 1.82) is 0 Å². The normalized spacial score (nSPS) is 13.5. The lowest BCUT2D eigenvalue weighted by molar-refractivity contribution is 0.293. The van der Waals surface area contributed by atoms with Crippen LogP contribution in [-0.4, -0.2) is 13.7 Å². The van der Waals surface area contributed by atoms with E-state index in [1.807, 2.05) is 19.1 Å². The Morgan fingerprint density at radius 3 is 2.45 bits per heavy atom. The number of methoxy groups -OCH3 is 1. The van der Waals surface area contributed by atoms with Crippen molar-refractivity contribution in [3.8, 4) is 0 Å². The van der Waals surface area contributed by atoms with Crippen molar-refractivity contribution in [2.75, 3.05) is 13.7 Å². The Labute approximate surface area is 68.7 Å². The number of ether oxygens (including phenoxy) is 1. The van der Waals surface area contributed by atoms with Crippen LogP contribution in [0.1, 0.15) is 20.3 Å². The minimum Gasteiger partial charge on any atom is -0.501 e. The molecule has 0 aliphatic rings. The van der Waals surface area contributed by atoms with Crippen molar-refractivity contribution in [3.05, 3.63) is 23.5 Å². The molecule has 0 aliphatic carbocycles. The summed E-state index contributed by atoms with van der Waals surface area (Å²) < 4.78 is 4.97. The van der Waals surface area contributed by atoms with Gasteiger partial charge in [0, 0.05) is 6.54 Å². The number of hydrogen-bond acceptors (Lipinski definition) is 2. The van der Waals surface area contributed by atoms with E-state index in [1.54, 1.807) is 7.11 Å². The van der Waals surface area contributed by atoms with Crippen LogP contribution < -0.4 is 5.73 Å². The molecule has 0 aromatic carbocycles. The van der Waals surface area contributed by atoms with Crippen LogP contribution in [0, 0.1) is 0 Å². The van der Waals surface area contributed by atoms with Crippen LogP contribution in [0.25, 0.3) is 0 Å². The zero-order chi connectivity index (χ0) is 8.69. The Hall–Kier alpha value is -0.760. The standard InChI is InChI=1S/C9H17NO/c1-4-9(7-10)6-5-8(2)11-3/h5-6H,4,7,10H2,1-3H3/b8-5+,9-6+. The molecule has 0 aromatic heterocycles. The highest BCUT2D eigenvalue weighted by molar-refractivity contribution is 5.14. The van der Waals surface area contributed by atoms with E-state index in [0.29, 0.717) is 6.54 Å². The molecule has 0 radical (unpaired) electrons. The number of rotatable bonds is 4. The molecule has 0 spiro atoms. The molecule has 0 bridgehead atoms. The van der Waals surface area contributed by atoms with Crippen molar-refractivity contribution >= 4 is 0 Å². The number of nitrogens with two attached hydrogens (primary N) is 1. The van der Waals surface area contributed by atoms with Gasteiger partial charge in [-0.25, -0.2) is 0 Å². The van der Waals surface area contributed by atoms with Crippen LogP contribution in [0.4, 0.5) is 0 Å². The molecule has 0 atom stereocenters. The maximum Gasteiger partial charge on any atom is 0.0924 e. The van der Waals surface area contributed by atoms with Gasteiger partial charge in [0.15, 0.2) is 0 Å². The predicted molar refractivity (Wildman–Crippen MR) is 48.2 cm³/mol. The van der Waals surface area contributed by atoms with Crippen molar-refractivity contribution < 1.29 is 4.74 Å². The van der Waals surface area contributed by atoms with Crippen molar-refractivity contribution in [3.63, 3.8) is 0 Å². The fraction of sp³-hybridized carbons (Fsp3) is 0.556. The monoisotopic (exact) mass is 155 g/mol. The Morgan fingerprint density at radius 1 is 1.45 bits per heavy atom. The molecule has 2 heteroatoms. The molecule has 0 amide bonds.